The zero-order valence-corrected chi connectivity index (χ0v) is 17.7. The maximum absolute atomic E-state index is 12.3. The number of carbonyl (C=O) groups is 1. The molecule has 1 atom stereocenters. The Morgan fingerprint density at radius 1 is 1.19 bits per heavy atom. The topological polar surface area (TPSA) is 116 Å². The lowest BCUT2D eigenvalue weighted by Crippen LogP contribution is -2.22. The molecule has 31 heavy (non-hydrogen) atoms. The highest BCUT2D eigenvalue weighted by atomic mass is 16.6. The summed E-state index contributed by atoms with van der Waals surface area (Å²) < 4.78 is 6.55. The highest BCUT2D eigenvalue weighted by molar-refractivity contribution is 6.10. The van der Waals surface area contributed by atoms with Crippen LogP contribution in [0, 0.1) is 5.92 Å². The molecule has 10 heteroatoms. The Kier molecular flexibility index (Phi) is 7.77. The fourth-order valence-corrected chi connectivity index (χ4v) is 2.72. The van der Waals surface area contributed by atoms with Crippen molar-refractivity contribution in [1.82, 2.24) is 25.2 Å². The van der Waals surface area contributed by atoms with Crippen molar-refractivity contribution in [3.8, 4) is 0 Å². The quantitative estimate of drug-likeness (QED) is 0.392. The minimum atomic E-state index is -0.181. The molecule has 0 radical (unpaired) electrons. The number of pyridine rings is 1. The van der Waals surface area contributed by atoms with Crippen molar-refractivity contribution in [2.45, 2.75) is 20.0 Å². The van der Waals surface area contributed by atoms with Crippen LogP contribution in [0.25, 0.3) is 0 Å². The van der Waals surface area contributed by atoms with Gasteiger partial charge in [0.2, 0.25) is 11.7 Å². The van der Waals surface area contributed by atoms with Gasteiger partial charge in [0.15, 0.2) is 12.3 Å². The highest BCUT2D eigenvalue weighted by Crippen LogP contribution is 2.12. The Bertz CT molecular complexity index is 1020. The van der Waals surface area contributed by atoms with Gasteiger partial charge in [0.1, 0.15) is 5.82 Å². The third-order valence-corrected chi connectivity index (χ3v) is 4.51. The zero-order chi connectivity index (χ0) is 22.1. The monoisotopic (exact) mass is 423 g/mol. The smallest absolute Gasteiger partial charge is 0.228 e. The number of aromatic nitrogens is 5. The van der Waals surface area contributed by atoms with Gasteiger partial charge in [0.25, 0.3) is 0 Å². The van der Waals surface area contributed by atoms with E-state index in [4.69, 9.17) is 9.57 Å². The van der Waals surface area contributed by atoms with Crippen LogP contribution in [-0.4, -0.2) is 50.5 Å². The lowest BCUT2D eigenvalue weighted by Gasteiger charge is -2.11. The predicted octanol–water partition coefficient (Wildman–Crippen LogP) is 2.19. The molecule has 2 heterocycles. The van der Waals surface area contributed by atoms with Crippen LogP contribution in [-0.2, 0) is 28.0 Å². The molecule has 3 aromatic rings. The van der Waals surface area contributed by atoms with Gasteiger partial charge < -0.3 is 14.9 Å². The number of methoxy groups -OCH3 is 1. The Balaban J connectivity index is 1.68. The number of anilines is 1. The Labute approximate surface area is 180 Å². The summed E-state index contributed by atoms with van der Waals surface area (Å²) in [4.78, 5) is 22.3. The first kappa shape index (κ1) is 22.0. The lowest BCUT2D eigenvalue weighted by atomic mass is 10.1. The number of oxime groups is 1. The second-order valence-corrected chi connectivity index (χ2v) is 6.89. The van der Waals surface area contributed by atoms with E-state index < -0.39 is 0 Å². The van der Waals surface area contributed by atoms with Gasteiger partial charge >= 0.3 is 0 Å². The van der Waals surface area contributed by atoms with Gasteiger partial charge in [0, 0.05) is 32.2 Å². The molecule has 0 bridgehead atoms. The summed E-state index contributed by atoms with van der Waals surface area (Å²) in [6.45, 7) is 2.49. The minimum absolute atomic E-state index is 0.109. The van der Waals surface area contributed by atoms with E-state index in [9.17, 15) is 4.79 Å². The molecule has 0 saturated heterocycles. The average Bonchev–Trinajstić information content (AvgIpc) is 3.21. The molecule has 1 N–H and O–H groups in total. The molecular weight excluding hydrogens is 398 g/mol. The van der Waals surface area contributed by atoms with Crippen molar-refractivity contribution >= 4 is 17.4 Å². The summed E-state index contributed by atoms with van der Waals surface area (Å²) in [7, 11) is 3.34. The number of tetrazole rings is 1. The van der Waals surface area contributed by atoms with Crippen LogP contribution in [0.5, 0.6) is 0 Å². The van der Waals surface area contributed by atoms with E-state index in [1.807, 2.05) is 37.3 Å². The van der Waals surface area contributed by atoms with Crippen LogP contribution in [0.1, 0.15) is 30.4 Å². The molecule has 1 unspecified atom stereocenters. The van der Waals surface area contributed by atoms with Gasteiger partial charge in [-0.1, -0.05) is 48.5 Å². The number of carbonyl (C=O) groups excluding carboxylic acids is 1. The second kappa shape index (κ2) is 10.9. The van der Waals surface area contributed by atoms with Crippen LogP contribution in [0.4, 0.5) is 5.82 Å². The van der Waals surface area contributed by atoms with Crippen molar-refractivity contribution in [2.75, 3.05) is 19.0 Å². The van der Waals surface area contributed by atoms with Crippen molar-refractivity contribution in [3.63, 3.8) is 0 Å². The van der Waals surface area contributed by atoms with Crippen molar-refractivity contribution in [2.24, 2.45) is 18.1 Å². The van der Waals surface area contributed by atoms with Gasteiger partial charge in [-0.15, -0.1) is 5.10 Å². The lowest BCUT2D eigenvalue weighted by molar-refractivity contribution is -0.119. The summed E-state index contributed by atoms with van der Waals surface area (Å²) in [6, 6.07) is 14.8. The maximum Gasteiger partial charge on any atom is 0.228 e. The summed E-state index contributed by atoms with van der Waals surface area (Å²) >= 11 is 0. The molecule has 0 saturated carbocycles. The largest absolute Gasteiger partial charge is 0.389 e. The van der Waals surface area contributed by atoms with E-state index >= 15 is 0 Å². The molecule has 1 amide bonds. The van der Waals surface area contributed by atoms with Crippen molar-refractivity contribution < 1.29 is 14.4 Å². The molecule has 0 aliphatic carbocycles. The van der Waals surface area contributed by atoms with E-state index in [2.05, 4.69) is 31.0 Å². The number of ether oxygens (including phenoxy) is 1. The van der Waals surface area contributed by atoms with Crippen molar-refractivity contribution in [1.29, 1.82) is 0 Å². The first-order valence-corrected chi connectivity index (χ1v) is 9.82. The fourth-order valence-electron chi connectivity index (χ4n) is 2.72. The third-order valence-electron chi connectivity index (χ3n) is 4.51. The van der Waals surface area contributed by atoms with Gasteiger partial charge in [-0.25, -0.2) is 9.67 Å². The van der Waals surface area contributed by atoms with Gasteiger partial charge in [0.05, 0.1) is 5.69 Å². The number of rotatable bonds is 10. The first-order chi connectivity index (χ1) is 15.1. The number of hydrogen-bond donors (Lipinski definition) is 1. The molecule has 162 valence electrons. The fraction of sp³-hybridized carbons (Fsp3) is 0.333. The van der Waals surface area contributed by atoms with E-state index in [0.29, 0.717) is 36.1 Å². The number of nitrogens with one attached hydrogen (secondary N) is 1. The number of amides is 1. The first-order valence-electron chi connectivity index (χ1n) is 9.82. The molecule has 1 aromatic carbocycles. The summed E-state index contributed by atoms with van der Waals surface area (Å²) in [5, 5.41) is 18.6. The third kappa shape index (κ3) is 6.16. The maximum atomic E-state index is 12.3. The van der Waals surface area contributed by atoms with Gasteiger partial charge in [-0.2, -0.15) is 0 Å². The molecule has 2 aromatic heterocycles. The van der Waals surface area contributed by atoms with Crippen LogP contribution >= 0.6 is 0 Å². The van der Waals surface area contributed by atoms with Gasteiger partial charge in [-0.3, -0.25) is 4.79 Å². The number of aryl methyl sites for hydroxylation is 1. The molecular formula is C21H25N7O3. The number of benzene rings is 1. The standard InChI is InChI=1S/C21H25N7O3/c1-15(12-13-30-3)21(29)23-18-11-7-10-17(22-18)14-31-25-19(16-8-5-4-6-9-16)20-24-26-27-28(20)2/h4-11,15H,12-14H2,1-3H3,(H,22,23,29). The van der Waals surface area contributed by atoms with E-state index in [1.165, 1.54) is 4.68 Å². The minimum Gasteiger partial charge on any atom is -0.389 e. The molecule has 0 aliphatic heterocycles. The molecule has 0 aliphatic rings. The van der Waals surface area contributed by atoms with Crippen LogP contribution < -0.4 is 5.32 Å². The normalized spacial score (nSPS) is 12.4. The van der Waals surface area contributed by atoms with Crippen LogP contribution in [0.2, 0.25) is 0 Å². The zero-order valence-electron chi connectivity index (χ0n) is 17.7. The summed E-state index contributed by atoms with van der Waals surface area (Å²) in [5.41, 5.74) is 1.94. The highest BCUT2D eigenvalue weighted by Gasteiger charge is 2.15. The Morgan fingerprint density at radius 2 is 2.00 bits per heavy atom. The van der Waals surface area contributed by atoms with Crippen LogP contribution in [0.3, 0.4) is 0 Å². The molecule has 0 fully saturated rings. The number of hydrogen-bond acceptors (Lipinski definition) is 8. The Hall–Kier alpha value is -3.66. The van der Waals surface area contributed by atoms with E-state index in [1.54, 1.807) is 32.4 Å². The van der Waals surface area contributed by atoms with E-state index in [0.717, 1.165) is 5.56 Å². The van der Waals surface area contributed by atoms with Gasteiger partial charge in [-0.05, 0) is 29.0 Å². The SMILES string of the molecule is COCCC(C)C(=O)Nc1cccc(CON=C(c2ccccc2)c2nnnn2C)n1. The average molecular weight is 423 g/mol. The molecule has 10 nitrogen and oxygen atoms in total. The summed E-state index contributed by atoms with van der Waals surface area (Å²) in [5.74, 6) is 0.645. The number of nitrogens with zero attached hydrogens (tertiary/aromatic N) is 6. The predicted molar refractivity (Wildman–Crippen MR) is 114 cm³/mol. The molecule has 0 spiro atoms. The van der Waals surface area contributed by atoms with Crippen LogP contribution in [0.15, 0.2) is 53.7 Å². The van der Waals surface area contributed by atoms with E-state index in [-0.39, 0.29) is 18.4 Å². The summed E-state index contributed by atoms with van der Waals surface area (Å²) in [6.07, 6.45) is 0.638. The Morgan fingerprint density at radius 3 is 2.71 bits per heavy atom. The van der Waals surface area contributed by atoms with Crippen molar-refractivity contribution in [3.05, 3.63) is 65.6 Å². The second-order valence-electron chi connectivity index (χ2n) is 6.89. The molecule has 3 rings (SSSR count).